The van der Waals surface area contributed by atoms with Crippen LogP contribution < -0.4 is 5.32 Å². The second-order valence-electron chi connectivity index (χ2n) is 8.38. The van der Waals surface area contributed by atoms with Gasteiger partial charge in [0.1, 0.15) is 5.69 Å². The molecular formula is C26H28N4O. The van der Waals surface area contributed by atoms with Crippen molar-refractivity contribution in [2.45, 2.75) is 18.0 Å². The molecule has 2 aliphatic heterocycles. The fraction of sp³-hybridized carbons (Fsp3) is 0.308. The number of amides is 1. The predicted molar refractivity (Wildman–Crippen MR) is 122 cm³/mol. The van der Waals surface area contributed by atoms with Gasteiger partial charge in [-0.3, -0.25) is 14.7 Å². The van der Waals surface area contributed by atoms with Crippen molar-refractivity contribution in [1.82, 2.24) is 20.1 Å². The minimum absolute atomic E-state index is 0.0324. The Morgan fingerprint density at radius 2 is 1.55 bits per heavy atom. The monoisotopic (exact) mass is 412 g/mol. The summed E-state index contributed by atoms with van der Waals surface area (Å²) in [6.07, 6.45) is 1.69. The number of carbonyl (C=O) groups is 1. The van der Waals surface area contributed by atoms with E-state index in [1.165, 1.54) is 11.1 Å². The molecule has 2 saturated heterocycles. The number of carbonyl (C=O) groups excluding carboxylic acids is 1. The maximum atomic E-state index is 13.0. The summed E-state index contributed by atoms with van der Waals surface area (Å²) in [5.74, 6) is 0.320. The maximum absolute atomic E-state index is 13.0. The van der Waals surface area contributed by atoms with E-state index in [1.54, 1.807) is 12.3 Å². The average molecular weight is 413 g/mol. The molecule has 5 heteroatoms. The van der Waals surface area contributed by atoms with Crippen LogP contribution in [0.2, 0.25) is 0 Å². The van der Waals surface area contributed by atoms with Crippen LogP contribution in [0.25, 0.3) is 0 Å². The van der Waals surface area contributed by atoms with Crippen molar-refractivity contribution < 1.29 is 4.79 Å². The smallest absolute Gasteiger partial charge is 0.272 e. The van der Waals surface area contributed by atoms with Crippen LogP contribution in [0, 0.1) is 0 Å². The predicted octanol–water partition coefficient (Wildman–Crippen LogP) is 3.01. The van der Waals surface area contributed by atoms with E-state index in [4.69, 9.17) is 0 Å². The molecule has 1 aromatic heterocycles. The highest BCUT2D eigenvalue weighted by atomic mass is 16.2. The van der Waals surface area contributed by atoms with Crippen molar-refractivity contribution >= 4 is 5.91 Å². The molecule has 1 unspecified atom stereocenters. The largest absolute Gasteiger partial charge is 0.334 e. The first-order chi connectivity index (χ1) is 15.3. The van der Waals surface area contributed by atoms with E-state index in [9.17, 15) is 4.79 Å². The SMILES string of the molecule is O=C(c1ccccn1)N1CCN2C(C(c3ccccc3)c3ccccc3)CNC[C@@H]2C1. The van der Waals surface area contributed by atoms with Crippen molar-refractivity contribution in [3.05, 3.63) is 102 Å². The van der Waals surface area contributed by atoms with E-state index in [2.05, 4.69) is 75.9 Å². The zero-order valence-electron chi connectivity index (χ0n) is 17.6. The first-order valence-electron chi connectivity index (χ1n) is 11.1. The zero-order chi connectivity index (χ0) is 21.0. The molecule has 5 rings (SSSR count). The van der Waals surface area contributed by atoms with Crippen LogP contribution in [0.3, 0.4) is 0 Å². The number of hydrogen-bond donors (Lipinski definition) is 1. The molecule has 3 aromatic rings. The van der Waals surface area contributed by atoms with E-state index in [0.717, 1.165) is 32.7 Å². The summed E-state index contributed by atoms with van der Waals surface area (Å²) in [6.45, 7) is 4.19. The van der Waals surface area contributed by atoms with Crippen LogP contribution in [0.15, 0.2) is 85.1 Å². The highest BCUT2D eigenvalue weighted by molar-refractivity contribution is 5.92. The van der Waals surface area contributed by atoms with Gasteiger partial charge in [-0.15, -0.1) is 0 Å². The quantitative estimate of drug-likeness (QED) is 0.716. The Hall–Kier alpha value is -3.02. The summed E-state index contributed by atoms with van der Waals surface area (Å²) in [7, 11) is 0. The second kappa shape index (κ2) is 9.00. The minimum atomic E-state index is 0.0324. The van der Waals surface area contributed by atoms with Gasteiger partial charge in [0.15, 0.2) is 0 Å². The van der Waals surface area contributed by atoms with Gasteiger partial charge in [0.2, 0.25) is 0 Å². The molecule has 31 heavy (non-hydrogen) atoms. The molecule has 2 aromatic carbocycles. The van der Waals surface area contributed by atoms with Crippen molar-refractivity contribution in [2.75, 3.05) is 32.7 Å². The molecule has 158 valence electrons. The van der Waals surface area contributed by atoms with Crippen LogP contribution in [-0.4, -0.2) is 65.5 Å². The highest BCUT2D eigenvalue weighted by Crippen LogP contribution is 2.34. The molecule has 0 aliphatic carbocycles. The number of rotatable bonds is 4. The summed E-state index contributed by atoms with van der Waals surface area (Å²) in [6, 6.07) is 27.8. The van der Waals surface area contributed by atoms with Gasteiger partial charge in [0.25, 0.3) is 5.91 Å². The fourth-order valence-electron chi connectivity index (χ4n) is 5.11. The van der Waals surface area contributed by atoms with Crippen LogP contribution in [0.5, 0.6) is 0 Å². The summed E-state index contributed by atoms with van der Waals surface area (Å²) in [5, 5.41) is 3.66. The molecule has 0 spiro atoms. The van der Waals surface area contributed by atoms with Crippen LogP contribution >= 0.6 is 0 Å². The van der Waals surface area contributed by atoms with Gasteiger partial charge in [0.05, 0.1) is 0 Å². The van der Waals surface area contributed by atoms with E-state index in [-0.39, 0.29) is 11.8 Å². The summed E-state index contributed by atoms with van der Waals surface area (Å²) in [5.41, 5.74) is 3.21. The lowest BCUT2D eigenvalue weighted by molar-refractivity contribution is 0.0141. The number of nitrogens with one attached hydrogen (secondary N) is 1. The molecule has 0 saturated carbocycles. The third kappa shape index (κ3) is 4.11. The zero-order valence-corrected chi connectivity index (χ0v) is 17.6. The van der Waals surface area contributed by atoms with E-state index in [1.807, 2.05) is 17.0 Å². The third-order valence-electron chi connectivity index (χ3n) is 6.56. The van der Waals surface area contributed by atoms with E-state index >= 15 is 0 Å². The Balaban J connectivity index is 1.40. The number of hydrogen-bond acceptors (Lipinski definition) is 4. The van der Waals surface area contributed by atoms with Crippen molar-refractivity contribution in [2.24, 2.45) is 0 Å². The highest BCUT2D eigenvalue weighted by Gasteiger charge is 2.40. The van der Waals surface area contributed by atoms with E-state index < -0.39 is 0 Å². The number of pyridine rings is 1. The molecule has 0 radical (unpaired) electrons. The molecule has 2 atom stereocenters. The molecule has 1 N–H and O–H groups in total. The minimum Gasteiger partial charge on any atom is -0.334 e. The second-order valence-corrected chi connectivity index (χ2v) is 8.38. The Labute approximate surface area is 183 Å². The number of aromatic nitrogens is 1. The molecule has 0 bridgehead atoms. The molecule has 1 amide bonds. The van der Waals surface area contributed by atoms with Crippen molar-refractivity contribution in [3.8, 4) is 0 Å². The van der Waals surface area contributed by atoms with Crippen LogP contribution in [0.1, 0.15) is 27.5 Å². The third-order valence-corrected chi connectivity index (χ3v) is 6.56. The van der Waals surface area contributed by atoms with Gasteiger partial charge >= 0.3 is 0 Å². The molecule has 2 fully saturated rings. The van der Waals surface area contributed by atoms with Gasteiger partial charge < -0.3 is 10.2 Å². The Kier molecular flexibility index (Phi) is 5.78. The number of benzene rings is 2. The van der Waals surface area contributed by atoms with E-state index in [0.29, 0.717) is 17.8 Å². The standard InChI is InChI=1S/C26H28N4O/c31-26(23-13-7-8-14-28-23)29-15-16-30-22(19-29)17-27-18-24(30)25(20-9-3-1-4-10-20)21-11-5-2-6-12-21/h1-14,22,24-25,27H,15-19H2/t22-,24?/m1/s1. The topological polar surface area (TPSA) is 48.5 Å². The normalized spacial score (nSPS) is 21.6. The molecule has 2 aliphatic rings. The lowest BCUT2D eigenvalue weighted by Gasteiger charge is -2.50. The molecular weight excluding hydrogens is 384 g/mol. The Morgan fingerprint density at radius 1 is 0.871 bits per heavy atom. The Bertz CT molecular complexity index is 956. The maximum Gasteiger partial charge on any atom is 0.272 e. The number of fused-ring (bicyclic) bond motifs is 1. The Morgan fingerprint density at radius 3 is 2.19 bits per heavy atom. The van der Waals surface area contributed by atoms with Crippen LogP contribution in [-0.2, 0) is 0 Å². The van der Waals surface area contributed by atoms with Gasteiger partial charge in [-0.1, -0.05) is 66.7 Å². The van der Waals surface area contributed by atoms with Gasteiger partial charge in [-0.05, 0) is 23.3 Å². The van der Waals surface area contributed by atoms with Gasteiger partial charge in [-0.25, -0.2) is 0 Å². The summed E-state index contributed by atoms with van der Waals surface area (Å²) < 4.78 is 0. The first-order valence-corrected chi connectivity index (χ1v) is 11.1. The summed E-state index contributed by atoms with van der Waals surface area (Å²) >= 11 is 0. The molecule has 5 nitrogen and oxygen atoms in total. The van der Waals surface area contributed by atoms with Crippen molar-refractivity contribution in [3.63, 3.8) is 0 Å². The lowest BCUT2D eigenvalue weighted by Crippen LogP contribution is -2.66. The fourth-order valence-corrected chi connectivity index (χ4v) is 5.11. The lowest BCUT2D eigenvalue weighted by atomic mass is 9.82. The van der Waals surface area contributed by atoms with Gasteiger partial charge in [0, 0.05) is 56.9 Å². The summed E-state index contributed by atoms with van der Waals surface area (Å²) in [4.78, 5) is 21.8. The van der Waals surface area contributed by atoms with Crippen molar-refractivity contribution in [1.29, 1.82) is 0 Å². The number of nitrogens with zero attached hydrogens (tertiary/aromatic N) is 3. The molecule has 3 heterocycles. The number of piperazine rings is 2. The van der Waals surface area contributed by atoms with Gasteiger partial charge in [-0.2, -0.15) is 0 Å². The average Bonchev–Trinajstić information content (AvgIpc) is 2.85. The first kappa shape index (κ1) is 19.9. The van der Waals surface area contributed by atoms with Crippen LogP contribution in [0.4, 0.5) is 0 Å².